The molecule has 1 aromatic rings. The van der Waals surface area contributed by atoms with Crippen molar-refractivity contribution in [2.75, 3.05) is 32.3 Å². The van der Waals surface area contributed by atoms with E-state index in [4.69, 9.17) is 14.2 Å². The van der Waals surface area contributed by atoms with E-state index in [1.807, 2.05) is 0 Å². The van der Waals surface area contributed by atoms with Crippen molar-refractivity contribution in [3.8, 4) is 11.5 Å². The maximum absolute atomic E-state index is 11.8. The van der Waals surface area contributed by atoms with Gasteiger partial charge in [-0.2, -0.15) is 0 Å². The number of amides is 1. The van der Waals surface area contributed by atoms with Gasteiger partial charge in [0.1, 0.15) is 11.5 Å². The van der Waals surface area contributed by atoms with Crippen LogP contribution in [0.4, 0.5) is 0 Å². The van der Waals surface area contributed by atoms with Crippen LogP contribution in [0.1, 0.15) is 12.0 Å². The molecule has 1 amide bonds. The molecule has 2 rings (SSSR count). The van der Waals surface area contributed by atoms with Gasteiger partial charge in [0.25, 0.3) is 5.91 Å². The number of benzene rings is 1. The van der Waals surface area contributed by atoms with Gasteiger partial charge >= 0.3 is 5.97 Å². The molecule has 0 aromatic heterocycles. The molecule has 26 heavy (non-hydrogen) atoms. The molecular formula is C17H21NO7S. The number of esters is 1. The lowest BCUT2D eigenvalue weighted by Crippen LogP contribution is -2.38. The number of carbonyl (C=O) groups is 2. The van der Waals surface area contributed by atoms with Crippen LogP contribution in [0.3, 0.4) is 0 Å². The molecular weight excluding hydrogens is 362 g/mol. The van der Waals surface area contributed by atoms with Gasteiger partial charge in [0.2, 0.25) is 0 Å². The molecule has 0 radical (unpaired) electrons. The van der Waals surface area contributed by atoms with Crippen molar-refractivity contribution in [3.63, 3.8) is 0 Å². The summed E-state index contributed by atoms with van der Waals surface area (Å²) in [5.74, 6) is -0.109. The van der Waals surface area contributed by atoms with E-state index in [1.54, 1.807) is 18.2 Å². The highest BCUT2D eigenvalue weighted by molar-refractivity contribution is 7.91. The summed E-state index contributed by atoms with van der Waals surface area (Å²) in [4.78, 5) is 23.5. The molecule has 1 aliphatic heterocycles. The summed E-state index contributed by atoms with van der Waals surface area (Å²) in [6, 6.07) is 4.69. The van der Waals surface area contributed by atoms with Gasteiger partial charge in [0.15, 0.2) is 16.4 Å². The fourth-order valence-corrected chi connectivity index (χ4v) is 4.16. The number of carbonyl (C=O) groups excluding carboxylic acids is 2. The zero-order chi connectivity index (χ0) is 19.2. The quantitative estimate of drug-likeness (QED) is 0.541. The normalized spacial score (nSPS) is 18.5. The van der Waals surface area contributed by atoms with E-state index in [-0.39, 0.29) is 11.5 Å². The van der Waals surface area contributed by atoms with Crippen molar-refractivity contribution in [1.82, 2.24) is 5.32 Å². The Morgan fingerprint density at radius 3 is 2.65 bits per heavy atom. The third-order valence-electron chi connectivity index (χ3n) is 3.78. The fourth-order valence-electron chi connectivity index (χ4n) is 2.49. The highest BCUT2D eigenvalue weighted by Crippen LogP contribution is 2.25. The van der Waals surface area contributed by atoms with Crippen molar-refractivity contribution in [3.05, 3.63) is 29.8 Å². The molecule has 1 aliphatic rings. The van der Waals surface area contributed by atoms with Gasteiger partial charge in [0, 0.05) is 17.7 Å². The zero-order valence-corrected chi connectivity index (χ0v) is 15.4. The Kier molecular flexibility index (Phi) is 6.62. The third kappa shape index (κ3) is 5.76. The van der Waals surface area contributed by atoms with Gasteiger partial charge in [-0.05, 0) is 30.7 Å². The van der Waals surface area contributed by atoms with Crippen LogP contribution >= 0.6 is 0 Å². The number of hydrogen-bond donors (Lipinski definition) is 1. The summed E-state index contributed by atoms with van der Waals surface area (Å²) < 4.78 is 37.9. The predicted octanol–water partition coefficient (Wildman–Crippen LogP) is 0.563. The standard InChI is InChI=1S/C17H21NO7S/c1-23-14-4-5-15(24-2)12(9-14)3-6-17(20)25-10-16(19)18-13-7-8-26(21,22)11-13/h3-6,9,13H,7-8,10-11H2,1-2H3,(H,18,19)/b6-3+. The van der Waals surface area contributed by atoms with Crippen LogP contribution < -0.4 is 14.8 Å². The number of hydrogen-bond acceptors (Lipinski definition) is 7. The van der Waals surface area contributed by atoms with Gasteiger partial charge < -0.3 is 19.5 Å². The molecule has 1 saturated heterocycles. The molecule has 1 fully saturated rings. The number of nitrogens with one attached hydrogen (secondary N) is 1. The molecule has 1 heterocycles. The summed E-state index contributed by atoms with van der Waals surface area (Å²) in [6.07, 6.45) is 3.04. The van der Waals surface area contributed by atoms with Gasteiger partial charge in [-0.3, -0.25) is 4.79 Å². The van der Waals surface area contributed by atoms with Crippen LogP contribution in [-0.4, -0.2) is 58.7 Å². The molecule has 1 N–H and O–H groups in total. The molecule has 8 nitrogen and oxygen atoms in total. The summed E-state index contributed by atoms with van der Waals surface area (Å²) >= 11 is 0. The second kappa shape index (κ2) is 8.70. The Hall–Kier alpha value is -2.55. The van der Waals surface area contributed by atoms with E-state index >= 15 is 0 Å². The number of methoxy groups -OCH3 is 2. The Morgan fingerprint density at radius 2 is 2.04 bits per heavy atom. The van der Waals surface area contributed by atoms with Gasteiger partial charge in [-0.25, -0.2) is 13.2 Å². The summed E-state index contributed by atoms with van der Waals surface area (Å²) in [5, 5.41) is 2.54. The minimum Gasteiger partial charge on any atom is -0.497 e. The maximum atomic E-state index is 11.8. The topological polar surface area (TPSA) is 108 Å². The molecule has 1 unspecified atom stereocenters. The average Bonchev–Trinajstić information content (AvgIpc) is 2.96. The van der Waals surface area contributed by atoms with Crippen molar-refractivity contribution >= 4 is 27.8 Å². The van der Waals surface area contributed by atoms with E-state index < -0.39 is 34.4 Å². The van der Waals surface area contributed by atoms with Crippen LogP contribution in [0.15, 0.2) is 24.3 Å². The summed E-state index contributed by atoms with van der Waals surface area (Å²) in [6.45, 7) is -0.477. The molecule has 0 aliphatic carbocycles. The molecule has 1 atom stereocenters. The SMILES string of the molecule is COc1ccc(OC)c(/C=C/C(=O)OCC(=O)NC2CCS(=O)(=O)C2)c1. The van der Waals surface area contributed by atoms with E-state index in [2.05, 4.69) is 5.32 Å². The van der Waals surface area contributed by atoms with Crippen LogP contribution in [-0.2, 0) is 24.2 Å². The van der Waals surface area contributed by atoms with Crippen molar-refractivity contribution in [2.24, 2.45) is 0 Å². The Labute approximate surface area is 152 Å². The van der Waals surface area contributed by atoms with Gasteiger partial charge in [-0.15, -0.1) is 0 Å². The molecule has 0 spiro atoms. The lowest BCUT2D eigenvalue weighted by atomic mass is 10.1. The van der Waals surface area contributed by atoms with Gasteiger partial charge in [-0.1, -0.05) is 0 Å². The minimum absolute atomic E-state index is 0.0584. The molecule has 0 saturated carbocycles. The minimum atomic E-state index is -3.08. The van der Waals surface area contributed by atoms with E-state index in [9.17, 15) is 18.0 Å². The van der Waals surface area contributed by atoms with Crippen molar-refractivity contribution in [2.45, 2.75) is 12.5 Å². The summed E-state index contributed by atoms with van der Waals surface area (Å²) in [5.41, 5.74) is 0.615. The summed E-state index contributed by atoms with van der Waals surface area (Å²) in [7, 11) is -0.0492. The predicted molar refractivity (Wildman–Crippen MR) is 94.7 cm³/mol. The lowest BCUT2D eigenvalue weighted by Gasteiger charge is -2.10. The first-order valence-corrected chi connectivity index (χ1v) is 9.72. The maximum Gasteiger partial charge on any atom is 0.331 e. The highest BCUT2D eigenvalue weighted by Gasteiger charge is 2.28. The third-order valence-corrected chi connectivity index (χ3v) is 5.55. The van der Waals surface area contributed by atoms with Crippen LogP contribution in [0, 0.1) is 0 Å². The van der Waals surface area contributed by atoms with Crippen LogP contribution in [0.5, 0.6) is 11.5 Å². The Bertz CT molecular complexity index is 801. The first-order valence-electron chi connectivity index (χ1n) is 7.89. The molecule has 1 aromatic carbocycles. The largest absolute Gasteiger partial charge is 0.497 e. The number of rotatable bonds is 7. The monoisotopic (exact) mass is 383 g/mol. The zero-order valence-electron chi connectivity index (χ0n) is 14.6. The van der Waals surface area contributed by atoms with Crippen LogP contribution in [0.2, 0.25) is 0 Å². The smallest absolute Gasteiger partial charge is 0.331 e. The van der Waals surface area contributed by atoms with Crippen LogP contribution in [0.25, 0.3) is 6.08 Å². The highest BCUT2D eigenvalue weighted by atomic mass is 32.2. The average molecular weight is 383 g/mol. The van der Waals surface area contributed by atoms with E-state index in [0.29, 0.717) is 23.5 Å². The van der Waals surface area contributed by atoms with E-state index in [0.717, 1.165) is 0 Å². The number of sulfone groups is 1. The second-order valence-electron chi connectivity index (χ2n) is 5.72. The molecule has 142 valence electrons. The number of ether oxygens (including phenoxy) is 3. The second-order valence-corrected chi connectivity index (χ2v) is 7.95. The Morgan fingerprint density at radius 1 is 1.27 bits per heavy atom. The fraction of sp³-hybridized carbons (Fsp3) is 0.412. The Balaban J connectivity index is 1.85. The molecule has 9 heteroatoms. The van der Waals surface area contributed by atoms with Crippen molar-refractivity contribution in [1.29, 1.82) is 0 Å². The molecule has 0 bridgehead atoms. The van der Waals surface area contributed by atoms with E-state index in [1.165, 1.54) is 26.4 Å². The first-order chi connectivity index (χ1) is 12.3. The van der Waals surface area contributed by atoms with Crippen molar-refractivity contribution < 1.29 is 32.2 Å². The first kappa shape index (κ1) is 19.8. The lowest BCUT2D eigenvalue weighted by molar-refractivity contribution is -0.143. The van der Waals surface area contributed by atoms with Gasteiger partial charge in [0.05, 0.1) is 25.7 Å².